The molecule has 0 aliphatic carbocycles. The van der Waals surface area contributed by atoms with Crippen LogP contribution in [0.3, 0.4) is 0 Å². The molecular formula is C5H8N4. The molecule has 0 bridgehead atoms. The van der Waals surface area contributed by atoms with Crippen LogP contribution < -0.4 is 0 Å². The summed E-state index contributed by atoms with van der Waals surface area (Å²) in [5.41, 5.74) is 1.16. The fourth-order valence-corrected chi connectivity index (χ4v) is 0.489. The third kappa shape index (κ3) is 1.64. The second-order valence-corrected chi connectivity index (χ2v) is 1.99. The second-order valence-electron chi connectivity index (χ2n) is 1.99. The average molecular weight is 124 g/mol. The van der Waals surface area contributed by atoms with Crippen molar-refractivity contribution in [1.29, 1.82) is 0 Å². The van der Waals surface area contributed by atoms with Crippen LogP contribution >= 0.6 is 0 Å². The van der Waals surface area contributed by atoms with Gasteiger partial charge in [-0.3, -0.25) is 0 Å². The van der Waals surface area contributed by atoms with Crippen molar-refractivity contribution in [3.63, 3.8) is 0 Å². The van der Waals surface area contributed by atoms with Crippen molar-refractivity contribution in [1.82, 2.24) is 20.6 Å². The van der Waals surface area contributed by atoms with E-state index in [9.17, 15) is 0 Å². The summed E-state index contributed by atoms with van der Waals surface area (Å²) in [6.45, 7) is 3.96. The Hall–Kier alpha value is -1.19. The average Bonchev–Trinajstić information content (AvgIpc) is 2.15. The van der Waals surface area contributed by atoms with Crippen molar-refractivity contribution in [3.05, 3.63) is 11.4 Å². The number of hydrogen-bond acceptors (Lipinski definition) is 3. The highest BCUT2D eigenvalue weighted by Gasteiger charge is 1.88. The van der Waals surface area contributed by atoms with E-state index in [0.29, 0.717) is 5.82 Å². The smallest absolute Gasteiger partial charge is 0.177 e. The van der Waals surface area contributed by atoms with E-state index in [-0.39, 0.29) is 0 Å². The first kappa shape index (κ1) is 5.94. The van der Waals surface area contributed by atoms with E-state index in [1.807, 2.05) is 19.9 Å². The van der Waals surface area contributed by atoms with Gasteiger partial charge < -0.3 is 0 Å². The van der Waals surface area contributed by atoms with Crippen molar-refractivity contribution >= 4 is 6.08 Å². The highest BCUT2D eigenvalue weighted by atomic mass is 15.5. The number of aromatic nitrogens is 4. The quantitative estimate of drug-likeness (QED) is 0.597. The Morgan fingerprint density at radius 3 is 2.78 bits per heavy atom. The highest BCUT2D eigenvalue weighted by Crippen LogP contribution is 1.95. The Labute approximate surface area is 53.0 Å². The summed E-state index contributed by atoms with van der Waals surface area (Å²) in [6.07, 6.45) is 1.85. The summed E-state index contributed by atoms with van der Waals surface area (Å²) < 4.78 is 0. The molecule has 9 heavy (non-hydrogen) atoms. The molecule has 0 amide bonds. The molecule has 1 heterocycles. The monoisotopic (exact) mass is 124 g/mol. The third-order valence-electron chi connectivity index (χ3n) is 0.780. The summed E-state index contributed by atoms with van der Waals surface area (Å²) in [7, 11) is 0. The Balaban J connectivity index is 2.80. The van der Waals surface area contributed by atoms with Crippen LogP contribution in [0.25, 0.3) is 6.08 Å². The standard InChI is InChI=1S/C5H8N4/c1-4(2)3-5-6-8-9-7-5/h3H,1-2H3,(H,6,7,8,9). The summed E-state index contributed by atoms with van der Waals surface area (Å²) in [5.74, 6) is 0.634. The zero-order valence-corrected chi connectivity index (χ0v) is 5.42. The fourth-order valence-electron chi connectivity index (χ4n) is 0.489. The first-order chi connectivity index (χ1) is 4.29. The minimum atomic E-state index is 0.634. The van der Waals surface area contributed by atoms with Gasteiger partial charge in [0, 0.05) is 0 Å². The third-order valence-corrected chi connectivity index (χ3v) is 0.780. The molecule has 0 aliphatic heterocycles. The molecule has 1 rings (SSSR count). The predicted octanol–water partition coefficient (Wildman–Crippen LogP) is 0.623. The Kier molecular flexibility index (Phi) is 1.58. The van der Waals surface area contributed by atoms with Gasteiger partial charge >= 0.3 is 0 Å². The topological polar surface area (TPSA) is 54.5 Å². The van der Waals surface area contributed by atoms with E-state index in [2.05, 4.69) is 20.6 Å². The maximum Gasteiger partial charge on any atom is 0.197 e. The maximum atomic E-state index is 3.73. The number of nitrogens with zero attached hydrogens (tertiary/aromatic N) is 3. The minimum absolute atomic E-state index is 0.634. The molecule has 0 saturated carbocycles. The van der Waals surface area contributed by atoms with E-state index in [4.69, 9.17) is 0 Å². The molecule has 0 unspecified atom stereocenters. The molecule has 0 radical (unpaired) electrons. The summed E-state index contributed by atoms with van der Waals surface area (Å²) >= 11 is 0. The molecule has 0 aliphatic rings. The maximum absolute atomic E-state index is 3.73. The molecule has 0 atom stereocenters. The lowest BCUT2D eigenvalue weighted by atomic mass is 10.3. The van der Waals surface area contributed by atoms with Gasteiger partial charge in [0.15, 0.2) is 5.82 Å². The molecule has 1 aromatic heterocycles. The molecule has 0 aromatic carbocycles. The van der Waals surface area contributed by atoms with Crippen LogP contribution in [-0.4, -0.2) is 20.6 Å². The van der Waals surface area contributed by atoms with E-state index in [1.54, 1.807) is 0 Å². The normalized spacial score (nSPS) is 9.11. The Morgan fingerprint density at radius 2 is 2.33 bits per heavy atom. The van der Waals surface area contributed by atoms with Crippen molar-refractivity contribution in [3.8, 4) is 0 Å². The Morgan fingerprint density at radius 1 is 1.56 bits per heavy atom. The largest absolute Gasteiger partial charge is 0.197 e. The molecule has 4 heteroatoms. The Bertz CT molecular complexity index is 195. The first-order valence-corrected chi connectivity index (χ1v) is 2.67. The number of hydrogen-bond donors (Lipinski definition) is 1. The van der Waals surface area contributed by atoms with Gasteiger partial charge in [-0.15, -0.1) is 10.2 Å². The highest BCUT2D eigenvalue weighted by molar-refractivity contribution is 5.41. The SMILES string of the molecule is CC(C)=Cc1nn[nH]n1. The van der Waals surface area contributed by atoms with Crippen molar-refractivity contribution in [2.24, 2.45) is 0 Å². The van der Waals surface area contributed by atoms with Crippen LogP contribution in [0.1, 0.15) is 19.7 Å². The van der Waals surface area contributed by atoms with E-state index in [0.717, 1.165) is 5.57 Å². The van der Waals surface area contributed by atoms with Crippen LogP contribution in [-0.2, 0) is 0 Å². The number of aromatic amines is 1. The zero-order chi connectivity index (χ0) is 6.69. The van der Waals surface area contributed by atoms with Gasteiger partial charge in [-0.05, 0) is 25.1 Å². The second kappa shape index (κ2) is 2.39. The van der Waals surface area contributed by atoms with Gasteiger partial charge in [0.05, 0.1) is 0 Å². The fraction of sp³-hybridized carbons (Fsp3) is 0.400. The first-order valence-electron chi connectivity index (χ1n) is 2.67. The summed E-state index contributed by atoms with van der Waals surface area (Å²) in [6, 6.07) is 0. The molecule has 48 valence electrons. The van der Waals surface area contributed by atoms with E-state index in [1.165, 1.54) is 0 Å². The van der Waals surface area contributed by atoms with Gasteiger partial charge in [0.25, 0.3) is 0 Å². The molecular weight excluding hydrogens is 116 g/mol. The van der Waals surface area contributed by atoms with Gasteiger partial charge in [-0.1, -0.05) is 5.57 Å². The summed E-state index contributed by atoms with van der Waals surface area (Å²) in [4.78, 5) is 0. The van der Waals surface area contributed by atoms with E-state index >= 15 is 0 Å². The number of nitrogens with one attached hydrogen (secondary N) is 1. The van der Waals surface area contributed by atoms with Crippen molar-refractivity contribution in [2.45, 2.75) is 13.8 Å². The number of allylic oxidation sites excluding steroid dienone is 1. The molecule has 0 spiro atoms. The van der Waals surface area contributed by atoms with Crippen LogP contribution in [0.5, 0.6) is 0 Å². The van der Waals surface area contributed by atoms with Gasteiger partial charge in [-0.25, -0.2) is 0 Å². The minimum Gasteiger partial charge on any atom is -0.177 e. The van der Waals surface area contributed by atoms with Gasteiger partial charge in [-0.2, -0.15) is 5.21 Å². The van der Waals surface area contributed by atoms with Crippen molar-refractivity contribution in [2.75, 3.05) is 0 Å². The van der Waals surface area contributed by atoms with Gasteiger partial charge in [0.1, 0.15) is 0 Å². The number of tetrazole rings is 1. The summed E-state index contributed by atoms with van der Waals surface area (Å²) in [5, 5.41) is 13.2. The predicted molar refractivity (Wildman–Crippen MR) is 33.5 cm³/mol. The number of rotatable bonds is 1. The van der Waals surface area contributed by atoms with E-state index < -0.39 is 0 Å². The lowest BCUT2D eigenvalue weighted by molar-refractivity contribution is 0.881. The van der Waals surface area contributed by atoms with Gasteiger partial charge in [0.2, 0.25) is 0 Å². The van der Waals surface area contributed by atoms with Crippen LogP contribution in [0.4, 0.5) is 0 Å². The van der Waals surface area contributed by atoms with Crippen LogP contribution in [0.15, 0.2) is 5.57 Å². The molecule has 0 fully saturated rings. The van der Waals surface area contributed by atoms with Crippen molar-refractivity contribution < 1.29 is 0 Å². The molecule has 0 saturated heterocycles. The zero-order valence-electron chi connectivity index (χ0n) is 5.42. The lowest BCUT2D eigenvalue weighted by Gasteiger charge is -1.80. The molecule has 1 N–H and O–H groups in total. The van der Waals surface area contributed by atoms with Crippen LogP contribution in [0.2, 0.25) is 0 Å². The number of H-pyrrole nitrogens is 1. The molecule has 4 nitrogen and oxygen atoms in total. The molecule has 1 aromatic rings. The lowest BCUT2D eigenvalue weighted by Crippen LogP contribution is -1.75. The van der Waals surface area contributed by atoms with Crippen LogP contribution in [0, 0.1) is 0 Å².